The van der Waals surface area contributed by atoms with Crippen LogP contribution in [0.15, 0.2) is 59.5 Å². The average Bonchev–Trinajstić information content (AvgIpc) is 3.45. The first-order chi connectivity index (χ1) is 17.2. The molecule has 0 aromatic heterocycles. The molecule has 0 radical (unpaired) electrons. The minimum absolute atomic E-state index is 0.0719. The number of carbonyl (C=O) groups is 1. The highest BCUT2D eigenvalue weighted by molar-refractivity contribution is 7.90. The molecule has 3 aromatic carbocycles. The van der Waals surface area contributed by atoms with E-state index < -0.39 is 15.9 Å². The summed E-state index contributed by atoms with van der Waals surface area (Å²) in [6.45, 7) is 0.390. The average molecular weight is 513 g/mol. The molecule has 0 saturated carbocycles. The topological polar surface area (TPSA) is 88.1 Å². The van der Waals surface area contributed by atoms with Gasteiger partial charge in [-0.1, -0.05) is 6.07 Å². The van der Waals surface area contributed by atoms with Crippen LogP contribution in [0.1, 0.15) is 41.6 Å². The summed E-state index contributed by atoms with van der Waals surface area (Å²) in [6.07, 6.45) is 2.02. The fourth-order valence-corrected chi connectivity index (χ4v) is 5.32. The van der Waals surface area contributed by atoms with Crippen LogP contribution in [0.5, 0.6) is 23.0 Å². The van der Waals surface area contributed by atoms with Crippen LogP contribution in [-0.4, -0.2) is 34.4 Å². The molecule has 1 aliphatic heterocycles. The van der Waals surface area contributed by atoms with Crippen molar-refractivity contribution in [1.82, 2.24) is 0 Å². The molecule has 1 aliphatic carbocycles. The highest BCUT2D eigenvalue weighted by atomic mass is 32.2. The van der Waals surface area contributed by atoms with Gasteiger partial charge in [0.1, 0.15) is 34.9 Å². The Morgan fingerprint density at radius 3 is 2.56 bits per heavy atom. The van der Waals surface area contributed by atoms with Crippen molar-refractivity contribution in [3.63, 3.8) is 0 Å². The van der Waals surface area contributed by atoms with E-state index in [0.29, 0.717) is 48.0 Å². The van der Waals surface area contributed by atoms with E-state index in [1.165, 1.54) is 25.3 Å². The normalized spacial score (nSPS) is 18.2. The minimum atomic E-state index is -3.31. The Labute approximate surface area is 208 Å². The third kappa shape index (κ3) is 4.75. The van der Waals surface area contributed by atoms with Gasteiger partial charge in [0.05, 0.1) is 25.0 Å². The summed E-state index contributed by atoms with van der Waals surface area (Å²) in [5.41, 5.74) is 2.09. The molecule has 9 heteroatoms. The number of esters is 1. The van der Waals surface area contributed by atoms with Crippen LogP contribution in [0.2, 0.25) is 0 Å². The first-order valence-electron chi connectivity index (χ1n) is 11.5. The molecule has 0 unspecified atom stereocenters. The van der Waals surface area contributed by atoms with E-state index in [9.17, 15) is 17.6 Å². The lowest BCUT2D eigenvalue weighted by molar-refractivity contribution is -0.141. The molecule has 7 nitrogen and oxygen atoms in total. The summed E-state index contributed by atoms with van der Waals surface area (Å²) in [6, 6.07) is 14.5. The zero-order valence-electron chi connectivity index (χ0n) is 19.8. The van der Waals surface area contributed by atoms with Gasteiger partial charge in [-0.15, -0.1) is 0 Å². The second kappa shape index (κ2) is 9.46. The predicted octanol–water partition coefficient (Wildman–Crippen LogP) is 5.13. The van der Waals surface area contributed by atoms with Crippen LogP contribution in [0.25, 0.3) is 0 Å². The van der Waals surface area contributed by atoms with Crippen molar-refractivity contribution in [3.05, 3.63) is 77.1 Å². The van der Waals surface area contributed by atoms with Crippen molar-refractivity contribution in [3.8, 4) is 23.0 Å². The summed E-state index contributed by atoms with van der Waals surface area (Å²) < 4.78 is 60.9. The van der Waals surface area contributed by atoms with E-state index in [1.807, 2.05) is 6.07 Å². The Morgan fingerprint density at radius 1 is 1.08 bits per heavy atom. The predicted molar refractivity (Wildman–Crippen MR) is 129 cm³/mol. The number of hydrogen-bond acceptors (Lipinski definition) is 7. The Balaban J connectivity index is 1.34. The molecular formula is C27H25FO7S. The van der Waals surface area contributed by atoms with Gasteiger partial charge in [-0.3, -0.25) is 4.79 Å². The fourth-order valence-electron chi connectivity index (χ4n) is 4.69. The summed E-state index contributed by atoms with van der Waals surface area (Å²) in [7, 11) is -1.95. The lowest BCUT2D eigenvalue weighted by atomic mass is 9.98. The molecule has 0 saturated heterocycles. The summed E-state index contributed by atoms with van der Waals surface area (Å²) in [5.74, 6) is 1.42. The van der Waals surface area contributed by atoms with Gasteiger partial charge in [-0.25, -0.2) is 12.8 Å². The van der Waals surface area contributed by atoms with Crippen molar-refractivity contribution < 1.29 is 36.6 Å². The number of sulfone groups is 1. The highest BCUT2D eigenvalue weighted by Crippen LogP contribution is 2.44. The SMILES string of the molecule is COC(=O)C[C@@H]1COc2cc(O[C@@H]3CCc4c(Oc5ccc(S(C)(=O)=O)cc5)ccc(F)c43)ccc21. The fraction of sp³-hybridized carbons (Fsp3) is 0.296. The van der Waals surface area contributed by atoms with E-state index in [1.54, 1.807) is 30.3 Å². The van der Waals surface area contributed by atoms with Gasteiger partial charge in [0, 0.05) is 34.9 Å². The Bertz CT molecular complexity index is 1420. The van der Waals surface area contributed by atoms with Gasteiger partial charge in [0.2, 0.25) is 0 Å². The molecule has 1 heterocycles. The molecule has 2 atom stereocenters. The number of fused-ring (bicyclic) bond motifs is 2. The first-order valence-corrected chi connectivity index (χ1v) is 13.4. The molecule has 0 amide bonds. The molecule has 0 N–H and O–H groups in total. The van der Waals surface area contributed by atoms with Crippen molar-refractivity contribution in [2.75, 3.05) is 20.0 Å². The number of methoxy groups -OCH3 is 1. The largest absolute Gasteiger partial charge is 0.492 e. The van der Waals surface area contributed by atoms with Crippen LogP contribution < -0.4 is 14.2 Å². The van der Waals surface area contributed by atoms with Crippen molar-refractivity contribution in [2.45, 2.75) is 36.2 Å². The van der Waals surface area contributed by atoms with Gasteiger partial charge < -0.3 is 18.9 Å². The number of hydrogen-bond donors (Lipinski definition) is 0. The van der Waals surface area contributed by atoms with E-state index in [0.717, 1.165) is 17.4 Å². The van der Waals surface area contributed by atoms with Gasteiger partial charge in [-0.2, -0.15) is 0 Å². The van der Waals surface area contributed by atoms with Crippen molar-refractivity contribution in [1.29, 1.82) is 0 Å². The monoisotopic (exact) mass is 512 g/mol. The molecule has 188 valence electrons. The van der Waals surface area contributed by atoms with Crippen LogP contribution in [0, 0.1) is 5.82 Å². The maximum atomic E-state index is 14.9. The zero-order valence-corrected chi connectivity index (χ0v) is 20.6. The zero-order chi connectivity index (χ0) is 25.4. The third-order valence-corrected chi connectivity index (χ3v) is 7.63. The van der Waals surface area contributed by atoms with Gasteiger partial charge in [0.15, 0.2) is 9.84 Å². The van der Waals surface area contributed by atoms with Gasteiger partial charge in [-0.05, 0) is 55.3 Å². The lowest BCUT2D eigenvalue weighted by Gasteiger charge is -2.17. The standard InChI is InChI=1S/C27H25FO7S/c1-32-26(29)13-16-15-33-25-14-18(5-8-20(16)25)35-24-11-9-21-23(12-10-22(28)27(21)24)34-17-3-6-19(7-4-17)36(2,30)31/h3-8,10,12,14,16,24H,9,11,13,15H2,1-2H3/t16-,24-/m1/s1. The second-order valence-electron chi connectivity index (χ2n) is 8.92. The lowest BCUT2D eigenvalue weighted by Crippen LogP contribution is -2.09. The van der Waals surface area contributed by atoms with Crippen LogP contribution in [0.4, 0.5) is 4.39 Å². The van der Waals surface area contributed by atoms with Crippen LogP contribution in [-0.2, 0) is 25.8 Å². The number of halogens is 1. The Kier molecular flexibility index (Phi) is 6.34. The highest BCUT2D eigenvalue weighted by Gasteiger charge is 2.32. The molecule has 36 heavy (non-hydrogen) atoms. The molecule has 3 aromatic rings. The molecule has 0 spiro atoms. The molecule has 0 fully saturated rings. The minimum Gasteiger partial charge on any atom is -0.492 e. The molecule has 0 bridgehead atoms. The number of carbonyl (C=O) groups excluding carboxylic acids is 1. The van der Waals surface area contributed by atoms with E-state index in [-0.39, 0.29) is 29.0 Å². The van der Waals surface area contributed by atoms with Crippen molar-refractivity contribution >= 4 is 15.8 Å². The maximum absolute atomic E-state index is 14.9. The molecular weight excluding hydrogens is 487 g/mol. The van der Waals surface area contributed by atoms with Crippen LogP contribution in [0.3, 0.4) is 0 Å². The molecule has 5 rings (SSSR count). The maximum Gasteiger partial charge on any atom is 0.306 e. The van der Waals surface area contributed by atoms with Gasteiger partial charge >= 0.3 is 5.97 Å². The first kappa shape index (κ1) is 24.1. The van der Waals surface area contributed by atoms with Gasteiger partial charge in [0.25, 0.3) is 0 Å². The second-order valence-corrected chi connectivity index (χ2v) is 10.9. The summed E-state index contributed by atoms with van der Waals surface area (Å²) in [5, 5.41) is 0. The quantitative estimate of drug-likeness (QED) is 0.406. The summed E-state index contributed by atoms with van der Waals surface area (Å²) >= 11 is 0. The smallest absolute Gasteiger partial charge is 0.306 e. The Hall–Kier alpha value is -3.59. The Morgan fingerprint density at radius 2 is 1.83 bits per heavy atom. The summed E-state index contributed by atoms with van der Waals surface area (Å²) in [4.78, 5) is 11.8. The van der Waals surface area contributed by atoms with E-state index >= 15 is 0 Å². The van der Waals surface area contributed by atoms with Crippen LogP contribution >= 0.6 is 0 Å². The van der Waals surface area contributed by atoms with E-state index in [2.05, 4.69) is 0 Å². The molecule has 2 aliphatic rings. The number of ether oxygens (including phenoxy) is 4. The van der Waals surface area contributed by atoms with E-state index in [4.69, 9.17) is 18.9 Å². The number of benzene rings is 3. The number of rotatable bonds is 7. The van der Waals surface area contributed by atoms with Crippen molar-refractivity contribution in [2.24, 2.45) is 0 Å². The third-order valence-electron chi connectivity index (χ3n) is 6.50.